The number of hydrogen-bond acceptors (Lipinski definition) is 4. The molecular weight excluding hydrogens is 410 g/mol. The Labute approximate surface area is 182 Å². The summed E-state index contributed by atoms with van der Waals surface area (Å²) < 4.78 is 0. The molecule has 0 bridgehead atoms. The smallest absolute Gasteiger partial charge is 0.253 e. The first-order chi connectivity index (χ1) is 13.8. The van der Waals surface area contributed by atoms with E-state index in [0.29, 0.717) is 42.9 Å². The Balaban J connectivity index is 1.99. The van der Waals surface area contributed by atoms with Crippen molar-refractivity contribution >= 4 is 41.1 Å². The van der Waals surface area contributed by atoms with E-state index in [0.717, 1.165) is 5.75 Å². The number of halogens is 1. The lowest BCUT2D eigenvalue weighted by Crippen LogP contribution is -2.52. The van der Waals surface area contributed by atoms with Gasteiger partial charge in [0, 0.05) is 25.0 Å². The zero-order chi connectivity index (χ0) is 21.4. The third-order valence-corrected chi connectivity index (χ3v) is 5.91. The van der Waals surface area contributed by atoms with Gasteiger partial charge in [-0.3, -0.25) is 14.4 Å². The van der Waals surface area contributed by atoms with E-state index in [9.17, 15) is 14.4 Å². The molecule has 1 fully saturated rings. The predicted molar refractivity (Wildman–Crippen MR) is 118 cm³/mol. The molecule has 160 valence electrons. The van der Waals surface area contributed by atoms with Gasteiger partial charge in [-0.15, -0.1) is 0 Å². The van der Waals surface area contributed by atoms with E-state index in [1.54, 1.807) is 40.9 Å². The third-order valence-electron chi connectivity index (χ3n) is 4.94. The van der Waals surface area contributed by atoms with Crippen LogP contribution < -0.4 is 10.6 Å². The summed E-state index contributed by atoms with van der Waals surface area (Å²) in [6.07, 6.45) is 3.79. The number of amides is 3. The molecular formula is C21H30ClN3O3S. The Hall–Kier alpha value is -1.73. The second-order valence-electron chi connectivity index (χ2n) is 7.55. The monoisotopic (exact) mass is 439 g/mol. The molecule has 29 heavy (non-hydrogen) atoms. The lowest BCUT2D eigenvalue weighted by atomic mass is 9.95. The van der Waals surface area contributed by atoms with E-state index in [1.165, 1.54) is 0 Å². The van der Waals surface area contributed by atoms with Crippen LogP contribution >= 0.6 is 23.4 Å². The Morgan fingerprint density at radius 1 is 1.17 bits per heavy atom. The normalized spacial score (nSPS) is 15.8. The van der Waals surface area contributed by atoms with Crippen LogP contribution in [0, 0.1) is 5.92 Å². The summed E-state index contributed by atoms with van der Waals surface area (Å²) in [6.45, 7) is 4.92. The van der Waals surface area contributed by atoms with Gasteiger partial charge in [0.05, 0.1) is 10.6 Å². The number of benzene rings is 1. The number of nitrogens with zero attached hydrogens (tertiary/aromatic N) is 1. The zero-order valence-electron chi connectivity index (χ0n) is 17.2. The molecule has 8 heteroatoms. The average molecular weight is 440 g/mol. The molecule has 1 unspecified atom stereocenters. The van der Waals surface area contributed by atoms with E-state index in [4.69, 9.17) is 11.6 Å². The highest BCUT2D eigenvalue weighted by Crippen LogP contribution is 2.20. The van der Waals surface area contributed by atoms with E-state index >= 15 is 0 Å². The first-order valence-corrected chi connectivity index (χ1v) is 11.7. The standard InChI is InChI=1S/C21H30ClN3O3S/c1-14(2)23-19(26)15-8-11-25(12-9-15)21(28)18(10-13-29-3)24-20(27)16-6-4-5-7-17(16)22/h4-7,14-15,18H,8-13H2,1-3H3,(H,23,26)(H,24,27). The molecule has 0 aromatic heterocycles. The summed E-state index contributed by atoms with van der Waals surface area (Å²) in [6, 6.07) is 6.31. The third kappa shape index (κ3) is 6.93. The van der Waals surface area contributed by atoms with Crippen molar-refractivity contribution in [3.8, 4) is 0 Å². The minimum atomic E-state index is -0.604. The lowest BCUT2D eigenvalue weighted by Gasteiger charge is -2.34. The Kier molecular flexibility index (Phi) is 9.30. The van der Waals surface area contributed by atoms with Gasteiger partial charge in [0.25, 0.3) is 5.91 Å². The Bertz CT molecular complexity index is 721. The van der Waals surface area contributed by atoms with Crippen LogP contribution in [0.25, 0.3) is 0 Å². The van der Waals surface area contributed by atoms with Gasteiger partial charge in [0.2, 0.25) is 11.8 Å². The summed E-state index contributed by atoms with van der Waals surface area (Å²) in [5, 5.41) is 6.16. The molecule has 0 saturated carbocycles. The van der Waals surface area contributed by atoms with E-state index in [1.807, 2.05) is 20.1 Å². The fourth-order valence-corrected chi connectivity index (χ4v) is 4.05. The molecule has 1 aromatic carbocycles. The van der Waals surface area contributed by atoms with Crippen LogP contribution in [0.1, 0.15) is 43.5 Å². The fourth-order valence-electron chi connectivity index (χ4n) is 3.36. The number of carbonyl (C=O) groups is 3. The summed E-state index contributed by atoms with van der Waals surface area (Å²) in [5.74, 6) is 0.303. The number of likely N-dealkylation sites (tertiary alicyclic amines) is 1. The van der Waals surface area contributed by atoms with Crippen LogP contribution in [0.2, 0.25) is 5.02 Å². The maximum atomic E-state index is 13.1. The molecule has 0 spiro atoms. The summed E-state index contributed by atoms with van der Waals surface area (Å²) in [4.78, 5) is 39.7. The summed E-state index contributed by atoms with van der Waals surface area (Å²) in [7, 11) is 0. The van der Waals surface area contributed by atoms with Crippen molar-refractivity contribution < 1.29 is 14.4 Å². The number of hydrogen-bond donors (Lipinski definition) is 2. The number of piperidine rings is 1. The van der Waals surface area contributed by atoms with Gasteiger partial charge in [0.1, 0.15) is 6.04 Å². The van der Waals surface area contributed by atoms with E-state index in [-0.39, 0.29) is 29.7 Å². The molecule has 2 rings (SSSR count). The topological polar surface area (TPSA) is 78.5 Å². The molecule has 1 aromatic rings. The highest BCUT2D eigenvalue weighted by Gasteiger charge is 2.31. The van der Waals surface area contributed by atoms with Crippen molar-refractivity contribution in [2.24, 2.45) is 5.92 Å². The molecule has 1 heterocycles. The van der Waals surface area contributed by atoms with Crippen LogP contribution in [-0.2, 0) is 9.59 Å². The zero-order valence-corrected chi connectivity index (χ0v) is 18.8. The second-order valence-corrected chi connectivity index (χ2v) is 8.94. The summed E-state index contributed by atoms with van der Waals surface area (Å²) >= 11 is 7.75. The molecule has 0 radical (unpaired) electrons. The SMILES string of the molecule is CSCCC(NC(=O)c1ccccc1Cl)C(=O)N1CCC(C(=O)NC(C)C)CC1. The predicted octanol–water partition coefficient (Wildman–Crippen LogP) is 2.95. The molecule has 2 N–H and O–H groups in total. The number of rotatable bonds is 8. The van der Waals surface area contributed by atoms with Gasteiger partial charge in [0.15, 0.2) is 0 Å². The van der Waals surface area contributed by atoms with E-state index < -0.39 is 6.04 Å². The first-order valence-electron chi connectivity index (χ1n) is 9.97. The maximum absolute atomic E-state index is 13.1. The van der Waals surface area contributed by atoms with E-state index in [2.05, 4.69) is 10.6 Å². The lowest BCUT2D eigenvalue weighted by molar-refractivity contribution is -0.137. The molecule has 1 saturated heterocycles. The van der Waals surface area contributed by atoms with Crippen molar-refractivity contribution in [3.63, 3.8) is 0 Å². The largest absolute Gasteiger partial charge is 0.354 e. The fraction of sp³-hybridized carbons (Fsp3) is 0.571. The highest BCUT2D eigenvalue weighted by atomic mass is 35.5. The van der Waals surface area contributed by atoms with Crippen molar-refractivity contribution in [1.29, 1.82) is 0 Å². The van der Waals surface area contributed by atoms with Crippen LogP contribution in [0.3, 0.4) is 0 Å². The van der Waals surface area contributed by atoms with Crippen LogP contribution in [0.15, 0.2) is 24.3 Å². The highest BCUT2D eigenvalue weighted by molar-refractivity contribution is 7.98. The van der Waals surface area contributed by atoms with Crippen LogP contribution in [0.5, 0.6) is 0 Å². The Morgan fingerprint density at radius 3 is 2.41 bits per heavy atom. The van der Waals surface area contributed by atoms with Gasteiger partial charge in [-0.05, 0) is 57.3 Å². The average Bonchev–Trinajstić information content (AvgIpc) is 2.70. The molecule has 6 nitrogen and oxygen atoms in total. The minimum absolute atomic E-state index is 0.0538. The second kappa shape index (κ2) is 11.5. The van der Waals surface area contributed by atoms with Crippen molar-refractivity contribution in [2.75, 3.05) is 25.1 Å². The molecule has 1 atom stereocenters. The maximum Gasteiger partial charge on any atom is 0.253 e. The van der Waals surface area contributed by atoms with Crippen molar-refractivity contribution in [1.82, 2.24) is 15.5 Å². The van der Waals surface area contributed by atoms with Gasteiger partial charge in [-0.1, -0.05) is 23.7 Å². The number of carbonyl (C=O) groups excluding carboxylic acids is 3. The van der Waals surface area contributed by atoms with Crippen LogP contribution in [0.4, 0.5) is 0 Å². The van der Waals surface area contributed by atoms with Gasteiger partial charge < -0.3 is 15.5 Å². The first kappa shape index (κ1) is 23.5. The van der Waals surface area contributed by atoms with Crippen molar-refractivity contribution in [3.05, 3.63) is 34.9 Å². The van der Waals surface area contributed by atoms with Gasteiger partial charge in [-0.2, -0.15) is 11.8 Å². The number of thioether (sulfide) groups is 1. The quantitative estimate of drug-likeness (QED) is 0.652. The van der Waals surface area contributed by atoms with Gasteiger partial charge >= 0.3 is 0 Å². The van der Waals surface area contributed by atoms with Crippen molar-refractivity contribution in [2.45, 2.75) is 45.2 Å². The molecule has 3 amide bonds. The Morgan fingerprint density at radius 2 is 1.83 bits per heavy atom. The van der Waals surface area contributed by atoms with Gasteiger partial charge in [-0.25, -0.2) is 0 Å². The molecule has 1 aliphatic heterocycles. The molecule has 0 aliphatic carbocycles. The van der Waals surface area contributed by atoms with Crippen LogP contribution in [-0.4, -0.2) is 59.8 Å². The number of nitrogens with one attached hydrogen (secondary N) is 2. The minimum Gasteiger partial charge on any atom is -0.354 e. The summed E-state index contributed by atoms with van der Waals surface area (Å²) in [5.41, 5.74) is 0.361. The molecule has 1 aliphatic rings.